The third-order valence-electron chi connectivity index (χ3n) is 7.45. The van der Waals surface area contributed by atoms with E-state index in [9.17, 15) is 4.79 Å². The van der Waals surface area contributed by atoms with Crippen molar-refractivity contribution in [3.8, 4) is 5.75 Å². The highest BCUT2D eigenvalue weighted by atomic mass is 16.5. The average Bonchev–Trinajstić information content (AvgIpc) is 3.38. The second-order valence-electron chi connectivity index (χ2n) is 10.4. The molecule has 0 unspecified atom stereocenters. The Morgan fingerprint density at radius 2 is 1.89 bits per heavy atom. The second kappa shape index (κ2) is 9.88. The number of fused-ring (bicyclic) bond motifs is 2. The van der Waals surface area contributed by atoms with E-state index in [0.29, 0.717) is 19.0 Å². The molecule has 0 spiro atoms. The fraction of sp³-hybridized carbons (Fsp3) is 0.536. The van der Waals surface area contributed by atoms with Crippen LogP contribution in [0, 0.1) is 5.92 Å². The first-order chi connectivity index (χ1) is 16.9. The van der Waals surface area contributed by atoms with Gasteiger partial charge in [0.2, 0.25) is 0 Å². The van der Waals surface area contributed by atoms with E-state index in [1.807, 2.05) is 28.8 Å². The van der Waals surface area contributed by atoms with Crippen LogP contribution in [0.3, 0.4) is 0 Å². The number of aryl methyl sites for hydroxylation is 3. The second-order valence-corrected chi connectivity index (χ2v) is 10.4. The molecule has 7 nitrogen and oxygen atoms in total. The van der Waals surface area contributed by atoms with Crippen molar-refractivity contribution in [2.75, 3.05) is 13.7 Å². The van der Waals surface area contributed by atoms with Gasteiger partial charge in [-0.2, -0.15) is 5.10 Å². The molecular formula is C28H37N5O2. The summed E-state index contributed by atoms with van der Waals surface area (Å²) < 4.78 is 9.52. The zero-order chi connectivity index (χ0) is 24.5. The summed E-state index contributed by atoms with van der Waals surface area (Å²) in [6, 6.07) is 8.20. The van der Waals surface area contributed by atoms with Gasteiger partial charge in [-0.15, -0.1) is 0 Å². The van der Waals surface area contributed by atoms with Crippen LogP contribution in [0.25, 0.3) is 0 Å². The van der Waals surface area contributed by atoms with Gasteiger partial charge in [-0.25, -0.2) is 4.98 Å². The van der Waals surface area contributed by atoms with Crippen molar-refractivity contribution in [2.45, 2.75) is 71.9 Å². The van der Waals surface area contributed by atoms with Crippen LogP contribution in [-0.2, 0) is 45.8 Å². The van der Waals surface area contributed by atoms with Crippen molar-refractivity contribution >= 4 is 5.91 Å². The lowest BCUT2D eigenvalue weighted by Gasteiger charge is -2.30. The summed E-state index contributed by atoms with van der Waals surface area (Å²) in [7, 11) is 3.60. The molecule has 2 aliphatic rings. The van der Waals surface area contributed by atoms with Gasteiger partial charge in [-0.05, 0) is 55.7 Å². The lowest BCUT2D eigenvalue weighted by Crippen LogP contribution is -2.40. The zero-order valence-corrected chi connectivity index (χ0v) is 21.5. The molecule has 1 aliphatic heterocycles. The molecule has 1 aromatic carbocycles. The van der Waals surface area contributed by atoms with Crippen molar-refractivity contribution in [3.05, 3.63) is 64.0 Å². The lowest BCUT2D eigenvalue weighted by atomic mass is 9.95. The average molecular weight is 476 g/mol. The number of aromatic nitrogens is 4. The summed E-state index contributed by atoms with van der Waals surface area (Å²) in [6.07, 6.45) is 7.07. The van der Waals surface area contributed by atoms with Crippen molar-refractivity contribution < 1.29 is 9.53 Å². The van der Waals surface area contributed by atoms with Gasteiger partial charge >= 0.3 is 0 Å². The summed E-state index contributed by atoms with van der Waals surface area (Å²) in [4.78, 5) is 20.9. The number of carbonyl (C=O) groups is 1. The van der Waals surface area contributed by atoms with Gasteiger partial charge in [-0.1, -0.05) is 26.0 Å². The molecule has 0 saturated heterocycles. The topological polar surface area (TPSA) is 65.2 Å². The number of hydrogen-bond donors (Lipinski definition) is 0. The molecule has 5 rings (SSSR count). The summed E-state index contributed by atoms with van der Waals surface area (Å²) >= 11 is 0. The minimum Gasteiger partial charge on any atom is -0.497 e. The van der Waals surface area contributed by atoms with Gasteiger partial charge < -0.3 is 14.2 Å². The highest BCUT2D eigenvalue weighted by molar-refractivity contribution is 5.94. The highest BCUT2D eigenvalue weighted by Crippen LogP contribution is 2.28. The highest BCUT2D eigenvalue weighted by Gasteiger charge is 2.31. The largest absolute Gasteiger partial charge is 0.497 e. The van der Waals surface area contributed by atoms with E-state index in [2.05, 4.69) is 35.6 Å². The maximum absolute atomic E-state index is 13.7. The van der Waals surface area contributed by atoms with Crippen LogP contribution in [0.15, 0.2) is 24.3 Å². The molecule has 0 saturated carbocycles. The predicted octanol–water partition coefficient (Wildman–Crippen LogP) is 4.34. The van der Waals surface area contributed by atoms with Crippen LogP contribution < -0.4 is 4.74 Å². The number of amides is 1. The Morgan fingerprint density at radius 3 is 2.63 bits per heavy atom. The molecule has 0 N–H and O–H groups in total. The summed E-state index contributed by atoms with van der Waals surface area (Å²) in [5.74, 6) is 2.75. The zero-order valence-electron chi connectivity index (χ0n) is 21.5. The van der Waals surface area contributed by atoms with Crippen molar-refractivity contribution in [1.29, 1.82) is 0 Å². The van der Waals surface area contributed by atoms with Gasteiger partial charge in [-0.3, -0.25) is 9.48 Å². The Balaban J connectivity index is 1.44. The van der Waals surface area contributed by atoms with E-state index in [-0.39, 0.29) is 5.91 Å². The molecule has 0 fully saturated rings. The number of benzene rings is 1. The van der Waals surface area contributed by atoms with Crippen LogP contribution in [0.1, 0.15) is 77.6 Å². The lowest BCUT2D eigenvalue weighted by molar-refractivity contribution is 0.0697. The first-order valence-electron chi connectivity index (χ1n) is 13.0. The molecule has 1 aliphatic carbocycles. The van der Waals surface area contributed by atoms with Crippen LogP contribution >= 0.6 is 0 Å². The normalized spacial score (nSPS) is 15.3. The Kier molecular flexibility index (Phi) is 6.67. The summed E-state index contributed by atoms with van der Waals surface area (Å²) in [5.41, 5.74) is 6.52. The smallest absolute Gasteiger partial charge is 0.272 e. The van der Waals surface area contributed by atoms with Crippen LogP contribution in [-0.4, -0.2) is 43.8 Å². The van der Waals surface area contributed by atoms with Gasteiger partial charge in [0, 0.05) is 38.5 Å². The van der Waals surface area contributed by atoms with Crippen molar-refractivity contribution in [1.82, 2.24) is 24.2 Å². The van der Waals surface area contributed by atoms with E-state index < -0.39 is 0 Å². The third-order valence-corrected chi connectivity index (χ3v) is 7.45. The Hall–Kier alpha value is -3.09. The molecule has 35 heavy (non-hydrogen) atoms. The number of carbonyl (C=O) groups excluding carboxylic acids is 1. The summed E-state index contributed by atoms with van der Waals surface area (Å²) in [6.45, 7) is 6.61. The van der Waals surface area contributed by atoms with E-state index in [1.54, 1.807) is 7.11 Å². The van der Waals surface area contributed by atoms with Gasteiger partial charge in [0.15, 0.2) is 0 Å². The molecule has 7 heteroatoms. The van der Waals surface area contributed by atoms with Crippen LogP contribution in [0.5, 0.6) is 5.75 Å². The van der Waals surface area contributed by atoms with Gasteiger partial charge in [0.25, 0.3) is 5.91 Å². The standard InChI is InChI=1S/C28H37N5O2/c1-19(2)9-14-26-29-24(17-20-10-12-21(35-4)13-11-20)25-18-32(15-16-33(25)26)28(34)27-22-7-5-6-8-23(22)30-31(27)3/h10-13,19H,5-9,14-18H2,1-4H3. The Morgan fingerprint density at radius 1 is 1.11 bits per heavy atom. The first kappa shape index (κ1) is 23.6. The fourth-order valence-electron chi connectivity index (χ4n) is 5.47. The van der Waals surface area contributed by atoms with Gasteiger partial charge in [0.05, 0.1) is 30.7 Å². The molecule has 0 radical (unpaired) electrons. The minimum atomic E-state index is 0.106. The van der Waals surface area contributed by atoms with E-state index in [1.165, 1.54) is 16.8 Å². The molecule has 3 aromatic rings. The Labute approximate surface area is 208 Å². The quantitative estimate of drug-likeness (QED) is 0.510. The third kappa shape index (κ3) is 4.73. The van der Waals surface area contributed by atoms with E-state index in [4.69, 9.17) is 9.72 Å². The molecule has 3 heterocycles. The van der Waals surface area contributed by atoms with Crippen LogP contribution in [0.4, 0.5) is 0 Å². The van der Waals surface area contributed by atoms with E-state index >= 15 is 0 Å². The maximum atomic E-state index is 13.7. The molecule has 186 valence electrons. The number of methoxy groups -OCH3 is 1. The molecule has 1 amide bonds. The minimum absolute atomic E-state index is 0.106. The number of imidazole rings is 1. The molecule has 2 aromatic heterocycles. The maximum Gasteiger partial charge on any atom is 0.272 e. The first-order valence-corrected chi connectivity index (χ1v) is 13.0. The van der Waals surface area contributed by atoms with Crippen molar-refractivity contribution in [2.24, 2.45) is 13.0 Å². The number of hydrogen-bond acceptors (Lipinski definition) is 4. The molecule has 0 atom stereocenters. The predicted molar refractivity (Wildman–Crippen MR) is 136 cm³/mol. The number of ether oxygens (including phenoxy) is 1. The Bertz CT molecular complexity index is 1210. The monoisotopic (exact) mass is 475 g/mol. The van der Waals surface area contributed by atoms with E-state index in [0.717, 1.165) is 80.1 Å². The number of rotatable bonds is 7. The van der Waals surface area contributed by atoms with Crippen molar-refractivity contribution in [3.63, 3.8) is 0 Å². The molecule has 0 bridgehead atoms. The fourth-order valence-corrected chi connectivity index (χ4v) is 5.47. The molecular weight excluding hydrogens is 438 g/mol. The SMILES string of the molecule is COc1ccc(Cc2nc(CCC(C)C)n3c2CN(C(=O)c2c4c(nn2C)CCCC4)CC3)cc1. The van der Waals surface area contributed by atoms with Crippen LogP contribution in [0.2, 0.25) is 0 Å². The van der Waals surface area contributed by atoms with Gasteiger partial charge in [0.1, 0.15) is 17.3 Å². The number of nitrogens with zero attached hydrogens (tertiary/aromatic N) is 5. The summed E-state index contributed by atoms with van der Waals surface area (Å²) in [5, 5.41) is 4.69.